The first-order valence-corrected chi connectivity index (χ1v) is 10.3. The average Bonchev–Trinajstić information content (AvgIpc) is 3.19. The van der Waals surface area contributed by atoms with Gasteiger partial charge in [-0.05, 0) is 49.1 Å². The zero-order valence-electron chi connectivity index (χ0n) is 17.0. The fourth-order valence-corrected chi connectivity index (χ4v) is 4.49. The number of carbonyl (C=O) groups is 1. The molecule has 3 aliphatic rings. The molecule has 2 N–H and O–H groups in total. The summed E-state index contributed by atoms with van der Waals surface area (Å²) in [6.07, 6.45) is 2.98. The molecule has 0 unspecified atom stereocenters. The van der Waals surface area contributed by atoms with E-state index < -0.39 is 0 Å². The number of amides is 1. The molecule has 3 heterocycles. The van der Waals surface area contributed by atoms with Crippen LogP contribution in [-0.4, -0.2) is 49.5 Å². The lowest BCUT2D eigenvalue weighted by atomic mass is 9.89. The molecule has 5 rings (SSSR count). The van der Waals surface area contributed by atoms with Gasteiger partial charge in [-0.1, -0.05) is 12.1 Å². The number of nitrogens with two attached hydrogens (primary N) is 1. The van der Waals surface area contributed by atoms with E-state index in [1.807, 2.05) is 36.4 Å². The van der Waals surface area contributed by atoms with Crippen molar-refractivity contribution in [2.45, 2.75) is 44.0 Å². The summed E-state index contributed by atoms with van der Waals surface area (Å²) >= 11 is 0. The number of methoxy groups -OCH3 is 1. The van der Waals surface area contributed by atoms with Gasteiger partial charge in [0.1, 0.15) is 18.3 Å². The highest BCUT2D eigenvalue weighted by molar-refractivity contribution is 5.96. The van der Waals surface area contributed by atoms with Crippen LogP contribution in [0.25, 0.3) is 0 Å². The number of carbonyl (C=O) groups excluding carboxylic acids is 1. The molecule has 30 heavy (non-hydrogen) atoms. The van der Waals surface area contributed by atoms with Crippen LogP contribution in [0.3, 0.4) is 0 Å². The predicted octanol–water partition coefficient (Wildman–Crippen LogP) is 2.06. The van der Waals surface area contributed by atoms with Gasteiger partial charge in [-0.2, -0.15) is 0 Å². The maximum atomic E-state index is 12.7. The van der Waals surface area contributed by atoms with Crippen LogP contribution in [0, 0.1) is 0 Å². The Morgan fingerprint density at radius 1 is 1.20 bits per heavy atom. The van der Waals surface area contributed by atoms with E-state index in [9.17, 15) is 4.79 Å². The zero-order chi connectivity index (χ0) is 20.7. The van der Waals surface area contributed by atoms with E-state index in [2.05, 4.69) is 4.90 Å². The van der Waals surface area contributed by atoms with Crippen LogP contribution in [0.15, 0.2) is 36.4 Å². The Morgan fingerprint density at radius 3 is 2.83 bits per heavy atom. The van der Waals surface area contributed by atoms with Gasteiger partial charge in [0.25, 0.3) is 5.91 Å². The standard InChI is InChI=1S/C22H26N4O4/c1-28-16-5-2-14(3-6-16)11-25-21(27)12-29-18-8-9-20(24-22(18)25)26-13-30-19-10-15(23)4-7-17(19)26/h2-3,5-6,8-9,15,17,19H,4,7,10-13,23H2,1H3/t15-,17-,19-/m1/s1. The van der Waals surface area contributed by atoms with Crippen molar-refractivity contribution in [3.8, 4) is 11.5 Å². The van der Waals surface area contributed by atoms with Crippen LogP contribution in [0.2, 0.25) is 0 Å². The highest BCUT2D eigenvalue weighted by Gasteiger charge is 2.40. The molecule has 1 aliphatic carbocycles. The van der Waals surface area contributed by atoms with Crippen LogP contribution in [0.5, 0.6) is 11.5 Å². The Kier molecular flexibility index (Phi) is 4.96. The van der Waals surface area contributed by atoms with Gasteiger partial charge in [0.2, 0.25) is 0 Å². The molecule has 8 nitrogen and oxygen atoms in total. The van der Waals surface area contributed by atoms with Crippen molar-refractivity contribution in [2.75, 3.05) is 30.2 Å². The average molecular weight is 410 g/mol. The van der Waals surface area contributed by atoms with Gasteiger partial charge in [0.05, 0.1) is 25.8 Å². The van der Waals surface area contributed by atoms with Crippen molar-refractivity contribution in [1.29, 1.82) is 0 Å². The second-order valence-electron chi connectivity index (χ2n) is 8.05. The molecule has 0 bridgehead atoms. The number of nitrogens with zero attached hydrogens (tertiary/aromatic N) is 3. The van der Waals surface area contributed by atoms with Gasteiger partial charge >= 0.3 is 0 Å². The number of hydrogen-bond donors (Lipinski definition) is 1. The van der Waals surface area contributed by atoms with Crippen LogP contribution in [-0.2, 0) is 16.1 Å². The molecule has 0 radical (unpaired) electrons. The first-order chi connectivity index (χ1) is 14.6. The molecule has 158 valence electrons. The van der Waals surface area contributed by atoms with E-state index >= 15 is 0 Å². The van der Waals surface area contributed by atoms with Gasteiger partial charge in [0.15, 0.2) is 18.2 Å². The third-order valence-electron chi connectivity index (χ3n) is 6.15. The fraction of sp³-hybridized carbons (Fsp3) is 0.455. The van der Waals surface area contributed by atoms with Crippen molar-refractivity contribution in [3.05, 3.63) is 42.0 Å². The molecule has 2 aromatic rings. The first-order valence-electron chi connectivity index (χ1n) is 10.3. The minimum atomic E-state index is -0.109. The second kappa shape index (κ2) is 7.77. The van der Waals surface area contributed by atoms with Gasteiger partial charge in [-0.15, -0.1) is 0 Å². The van der Waals surface area contributed by atoms with Crippen molar-refractivity contribution < 1.29 is 19.0 Å². The molecule has 1 aromatic heterocycles. The molecular weight excluding hydrogens is 384 g/mol. The summed E-state index contributed by atoms with van der Waals surface area (Å²) in [4.78, 5) is 21.4. The lowest BCUT2D eigenvalue weighted by Crippen LogP contribution is -2.44. The monoisotopic (exact) mass is 410 g/mol. The number of aromatic nitrogens is 1. The lowest BCUT2D eigenvalue weighted by Gasteiger charge is -2.34. The number of pyridine rings is 1. The van der Waals surface area contributed by atoms with Gasteiger partial charge in [-0.25, -0.2) is 4.98 Å². The molecule has 0 spiro atoms. The molecule has 1 amide bonds. The molecule has 2 fully saturated rings. The zero-order valence-corrected chi connectivity index (χ0v) is 17.0. The van der Waals surface area contributed by atoms with E-state index in [-0.39, 0.29) is 30.7 Å². The minimum absolute atomic E-state index is 0.0135. The quantitative estimate of drug-likeness (QED) is 0.825. The van der Waals surface area contributed by atoms with E-state index in [1.54, 1.807) is 12.0 Å². The predicted molar refractivity (Wildman–Crippen MR) is 112 cm³/mol. The molecule has 3 atom stereocenters. The number of fused-ring (bicyclic) bond motifs is 2. The third kappa shape index (κ3) is 3.46. The highest BCUT2D eigenvalue weighted by atomic mass is 16.5. The van der Waals surface area contributed by atoms with E-state index in [0.717, 1.165) is 36.4 Å². The Balaban J connectivity index is 1.42. The summed E-state index contributed by atoms with van der Waals surface area (Å²) in [5, 5.41) is 0. The van der Waals surface area contributed by atoms with E-state index in [4.69, 9.17) is 24.9 Å². The second-order valence-corrected chi connectivity index (χ2v) is 8.05. The summed E-state index contributed by atoms with van der Waals surface area (Å²) in [6.45, 7) is 0.924. The van der Waals surface area contributed by atoms with Gasteiger partial charge < -0.3 is 24.8 Å². The summed E-state index contributed by atoms with van der Waals surface area (Å²) in [6, 6.07) is 12.0. The topological polar surface area (TPSA) is 90.1 Å². The number of hydrogen-bond acceptors (Lipinski definition) is 7. The minimum Gasteiger partial charge on any atom is -0.497 e. The maximum absolute atomic E-state index is 12.7. The summed E-state index contributed by atoms with van der Waals surface area (Å²) < 4.78 is 16.8. The fourth-order valence-electron chi connectivity index (χ4n) is 4.49. The smallest absolute Gasteiger partial charge is 0.266 e. The van der Waals surface area contributed by atoms with Crippen molar-refractivity contribution in [3.63, 3.8) is 0 Å². The number of benzene rings is 1. The van der Waals surface area contributed by atoms with Crippen LogP contribution in [0.4, 0.5) is 11.6 Å². The molecular formula is C22H26N4O4. The van der Waals surface area contributed by atoms with Crippen molar-refractivity contribution in [2.24, 2.45) is 5.73 Å². The van der Waals surface area contributed by atoms with E-state index in [0.29, 0.717) is 24.8 Å². The van der Waals surface area contributed by atoms with Gasteiger partial charge in [-0.3, -0.25) is 9.69 Å². The molecule has 1 aromatic carbocycles. The molecule has 2 aliphatic heterocycles. The third-order valence-corrected chi connectivity index (χ3v) is 6.15. The lowest BCUT2D eigenvalue weighted by molar-refractivity contribution is -0.121. The molecule has 8 heteroatoms. The van der Waals surface area contributed by atoms with Crippen molar-refractivity contribution in [1.82, 2.24) is 4.98 Å². The number of ether oxygens (including phenoxy) is 3. The van der Waals surface area contributed by atoms with Crippen LogP contribution in [0.1, 0.15) is 24.8 Å². The van der Waals surface area contributed by atoms with Gasteiger partial charge in [0, 0.05) is 6.04 Å². The molecule has 1 saturated heterocycles. The Labute approximate surface area is 175 Å². The van der Waals surface area contributed by atoms with Crippen molar-refractivity contribution >= 4 is 17.5 Å². The highest BCUT2D eigenvalue weighted by Crippen LogP contribution is 2.37. The Bertz CT molecular complexity index is 935. The van der Waals surface area contributed by atoms with Crippen LogP contribution >= 0.6 is 0 Å². The summed E-state index contributed by atoms with van der Waals surface area (Å²) in [7, 11) is 1.63. The van der Waals surface area contributed by atoms with E-state index in [1.165, 1.54) is 0 Å². The van der Waals surface area contributed by atoms with Crippen LogP contribution < -0.4 is 25.0 Å². The Hall–Kier alpha value is -2.84. The number of rotatable bonds is 4. The SMILES string of the molecule is COc1ccc(CN2C(=O)COc3ccc(N4CO[C@@H]5C[C@H](N)CC[C@H]54)nc32)cc1. The number of anilines is 2. The first kappa shape index (κ1) is 19.1. The molecule has 1 saturated carbocycles. The summed E-state index contributed by atoms with van der Waals surface area (Å²) in [5.41, 5.74) is 7.10. The Morgan fingerprint density at radius 2 is 2.03 bits per heavy atom. The maximum Gasteiger partial charge on any atom is 0.266 e. The largest absolute Gasteiger partial charge is 0.497 e. The normalized spacial score (nSPS) is 25.5. The summed E-state index contributed by atoms with van der Waals surface area (Å²) in [5.74, 6) is 2.64.